The molecule has 0 aliphatic heterocycles. The highest BCUT2D eigenvalue weighted by Crippen LogP contribution is 2.27. The Kier molecular flexibility index (Phi) is 2.38. The van der Waals surface area contributed by atoms with Gasteiger partial charge in [-0.15, -0.1) is 0 Å². The number of benzene rings is 1. The van der Waals surface area contributed by atoms with Crippen LogP contribution in [0.4, 0.5) is 4.39 Å². The number of nitrogens with zero attached hydrogens (tertiary/aromatic N) is 1. The lowest BCUT2D eigenvalue weighted by Crippen LogP contribution is -1.90. The number of fused-ring (bicyclic) bond motifs is 1. The zero-order valence-corrected chi connectivity index (χ0v) is 8.48. The van der Waals surface area contributed by atoms with Crippen molar-refractivity contribution in [1.82, 2.24) is 4.98 Å². The third-order valence-corrected chi connectivity index (χ3v) is 2.62. The van der Waals surface area contributed by atoms with Crippen molar-refractivity contribution in [2.45, 2.75) is 13.3 Å². The van der Waals surface area contributed by atoms with Crippen molar-refractivity contribution in [2.24, 2.45) is 0 Å². The largest absolute Gasteiger partial charge is 0.256 e. The van der Waals surface area contributed by atoms with Gasteiger partial charge in [0.1, 0.15) is 5.82 Å². The zero-order valence-electron chi connectivity index (χ0n) is 7.72. The third-order valence-electron chi connectivity index (χ3n) is 2.24. The molecule has 0 aliphatic carbocycles. The molecule has 0 fully saturated rings. The molecule has 14 heavy (non-hydrogen) atoms. The minimum absolute atomic E-state index is 0.158. The molecule has 0 bridgehead atoms. The summed E-state index contributed by atoms with van der Waals surface area (Å²) < 4.78 is 13.3. The van der Waals surface area contributed by atoms with Crippen molar-refractivity contribution < 1.29 is 4.39 Å². The molecule has 1 nitrogen and oxygen atoms in total. The third kappa shape index (κ3) is 1.36. The lowest BCUT2D eigenvalue weighted by molar-refractivity contribution is 0.628. The number of aryl methyl sites for hydroxylation is 1. The van der Waals surface area contributed by atoms with Gasteiger partial charge >= 0.3 is 0 Å². The van der Waals surface area contributed by atoms with E-state index in [1.807, 2.05) is 6.92 Å². The van der Waals surface area contributed by atoms with Gasteiger partial charge in [-0.2, -0.15) is 0 Å². The SMILES string of the molecule is CCc1cc(F)c(Cl)c2cccnc12. The Balaban J connectivity index is 2.89. The number of pyridine rings is 1. The van der Waals surface area contributed by atoms with Crippen LogP contribution in [0.5, 0.6) is 0 Å². The number of rotatable bonds is 1. The summed E-state index contributed by atoms with van der Waals surface area (Å²) in [6.45, 7) is 1.97. The molecule has 0 saturated carbocycles. The molecule has 2 aromatic rings. The lowest BCUT2D eigenvalue weighted by atomic mass is 10.1. The number of hydrogen-bond acceptors (Lipinski definition) is 1. The first kappa shape index (κ1) is 9.41. The van der Waals surface area contributed by atoms with Crippen LogP contribution in [0.1, 0.15) is 12.5 Å². The van der Waals surface area contributed by atoms with Crippen molar-refractivity contribution in [3.05, 3.63) is 40.8 Å². The molecule has 2 rings (SSSR count). The van der Waals surface area contributed by atoms with E-state index in [0.29, 0.717) is 5.39 Å². The summed E-state index contributed by atoms with van der Waals surface area (Å²) in [6, 6.07) is 5.00. The van der Waals surface area contributed by atoms with E-state index in [1.54, 1.807) is 18.3 Å². The fourth-order valence-electron chi connectivity index (χ4n) is 1.52. The molecule has 1 aromatic heterocycles. The summed E-state index contributed by atoms with van der Waals surface area (Å²) in [5, 5.41) is 0.844. The predicted octanol–water partition coefficient (Wildman–Crippen LogP) is 3.59. The fraction of sp³-hybridized carbons (Fsp3) is 0.182. The van der Waals surface area contributed by atoms with E-state index in [1.165, 1.54) is 6.07 Å². The normalized spacial score (nSPS) is 10.8. The molecule has 0 saturated heterocycles. The fourth-order valence-corrected chi connectivity index (χ4v) is 1.73. The number of halogens is 2. The first-order valence-corrected chi connectivity index (χ1v) is 4.83. The van der Waals surface area contributed by atoms with E-state index in [4.69, 9.17) is 11.6 Å². The van der Waals surface area contributed by atoms with Gasteiger partial charge < -0.3 is 0 Å². The van der Waals surface area contributed by atoms with Crippen molar-refractivity contribution >= 4 is 22.5 Å². The van der Waals surface area contributed by atoms with Crippen molar-refractivity contribution in [1.29, 1.82) is 0 Å². The molecule has 0 radical (unpaired) electrons. The summed E-state index contributed by atoms with van der Waals surface area (Å²) in [5.41, 5.74) is 1.68. The Morgan fingerprint density at radius 2 is 2.29 bits per heavy atom. The second kappa shape index (κ2) is 3.54. The average molecular weight is 210 g/mol. The van der Waals surface area contributed by atoms with Gasteiger partial charge in [0.25, 0.3) is 0 Å². The maximum absolute atomic E-state index is 13.3. The maximum atomic E-state index is 13.3. The van der Waals surface area contributed by atoms with Crippen molar-refractivity contribution in [3.8, 4) is 0 Å². The van der Waals surface area contributed by atoms with Crippen molar-refractivity contribution in [2.75, 3.05) is 0 Å². The Morgan fingerprint density at radius 1 is 1.50 bits per heavy atom. The summed E-state index contributed by atoms with van der Waals surface area (Å²) in [5.74, 6) is -0.371. The molecule has 0 N–H and O–H groups in total. The smallest absolute Gasteiger partial charge is 0.142 e. The molecule has 72 valence electrons. The molecule has 3 heteroatoms. The van der Waals surface area contributed by atoms with Gasteiger partial charge in [-0.1, -0.05) is 18.5 Å². The minimum atomic E-state index is -0.371. The highest BCUT2D eigenvalue weighted by Gasteiger charge is 2.09. The molecule has 0 amide bonds. The van der Waals surface area contributed by atoms with Crippen LogP contribution in [0.15, 0.2) is 24.4 Å². The molecule has 0 atom stereocenters. The first-order chi connectivity index (χ1) is 6.74. The Labute approximate surface area is 86.5 Å². The zero-order chi connectivity index (χ0) is 10.1. The van der Waals surface area contributed by atoms with E-state index in [0.717, 1.165) is 17.5 Å². The molecule has 0 unspecified atom stereocenters. The predicted molar refractivity (Wildman–Crippen MR) is 56.1 cm³/mol. The van der Waals surface area contributed by atoms with Gasteiger partial charge in [-0.25, -0.2) is 4.39 Å². The first-order valence-electron chi connectivity index (χ1n) is 4.45. The Morgan fingerprint density at radius 3 is 3.00 bits per heavy atom. The van der Waals surface area contributed by atoms with Crippen LogP contribution >= 0.6 is 11.6 Å². The summed E-state index contributed by atoms with van der Waals surface area (Å²) >= 11 is 5.84. The maximum Gasteiger partial charge on any atom is 0.142 e. The topological polar surface area (TPSA) is 12.9 Å². The van der Waals surface area contributed by atoms with Gasteiger partial charge in [0.2, 0.25) is 0 Å². The molecular weight excluding hydrogens is 201 g/mol. The van der Waals surface area contributed by atoms with Crippen LogP contribution in [0.2, 0.25) is 5.02 Å². The van der Waals surface area contributed by atoms with Gasteiger partial charge in [-0.05, 0) is 30.2 Å². The second-order valence-corrected chi connectivity index (χ2v) is 3.46. The van der Waals surface area contributed by atoms with E-state index in [2.05, 4.69) is 4.98 Å². The van der Waals surface area contributed by atoms with Crippen LogP contribution in [0, 0.1) is 5.82 Å². The monoisotopic (exact) mass is 209 g/mol. The quantitative estimate of drug-likeness (QED) is 0.700. The van der Waals surface area contributed by atoms with Crippen molar-refractivity contribution in [3.63, 3.8) is 0 Å². The average Bonchev–Trinajstić information content (AvgIpc) is 2.23. The van der Waals surface area contributed by atoms with E-state index in [9.17, 15) is 4.39 Å². The van der Waals surface area contributed by atoms with Crippen LogP contribution < -0.4 is 0 Å². The van der Waals surface area contributed by atoms with Gasteiger partial charge in [0, 0.05) is 11.6 Å². The van der Waals surface area contributed by atoms with E-state index >= 15 is 0 Å². The Bertz CT molecular complexity index is 482. The molecule has 0 aliphatic rings. The van der Waals surface area contributed by atoms with Gasteiger partial charge in [0.05, 0.1) is 10.5 Å². The van der Waals surface area contributed by atoms with Gasteiger partial charge in [-0.3, -0.25) is 4.98 Å². The number of hydrogen-bond donors (Lipinski definition) is 0. The Hall–Kier alpha value is -1.15. The molecule has 1 aromatic carbocycles. The second-order valence-electron chi connectivity index (χ2n) is 3.08. The van der Waals surface area contributed by atoms with E-state index < -0.39 is 0 Å². The number of aromatic nitrogens is 1. The lowest BCUT2D eigenvalue weighted by Gasteiger charge is -2.05. The standard InChI is InChI=1S/C11H9ClFN/c1-2-7-6-9(13)10(12)8-4-3-5-14-11(7)8/h3-6H,2H2,1H3. The highest BCUT2D eigenvalue weighted by atomic mass is 35.5. The van der Waals surface area contributed by atoms with Crippen LogP contribution in [0.25, 0.3) is 10.9 Å². The van der Waals surface area contributed by atoms with E-state index in [-0.39, 0.29) is 10.8 Å². The van der Waals surface area contributed by atoms with Crippen LogP contribution in [-0.4, -0.2) is 4.98 Å². The summed E-state index contributed by atoms with van der Waals surface area (Å²) in [6.07, 6.45) is 2.44. The van der Waals surface area contributed by atoms with Gasteiger partial charge in [0.15, 0.2) is 0 Å². The summed E-state index contributed by atoms with van der Waals surface area (Å²) in [4.78, 5) is 4.20. The summed E-state index contributed by atoms with van der Waals surface area (Å²) in [7, 11) is 0. The van der Waals surface area contributed by atoms with Crippen LogP contribution in [0.3, 0.4) is 0 Å². The minimum Gasteiger partial charge on any atom is -0.256 e. The molecule has 1 heterocycles. The molecule has 0 spiro atoms. The highest BCUT2D eigenvalue weighted by molar-refractivity contribution is 6.35. The molecular formula is C11H9ClFN. The van der Waals surface area contributed by atoms with Crippen LogP contribution in [-0.2, 0) is 6.42 Å².